The first-order chi connectivity index (χ1) is 10.6. The molecule has 1 saturated heterocycles. The molecule has 5 heteroatoms. The number of benzene rings is 1. The number of carbonyl (C=O) groups excluding carboxylic acids is 1. The first-order valence-electron chi connectivity index (χ1n) is 7.79. The van der Waals surface area contributed by atoms with Gasteiger partial charge < -0.3 is 19.5 Å². The fourth-order valence-corrected chi connectivity index (χ4v) is 2.42. The van der Waals surface area contributed by atoms with Crippen molar-refractivity contribution in [2.45, 2.75) is 38.4 Å². The molecule has 1 aliphatic rings. The molecule has 0 unspecified atom stereocenters. The summed E-state index contributed by atoms with van der Waals surface area (Å²) >= 11 is 0. The van der Waals surface area contributed by atoms with Crippen molar-refractivity contribution in [1.29, 1.82) is 0 Å². The summed E-state index contributed by atoms with van der Waals surface area (Å²) in [5.41, 5.74) is 1.10. The topological polar surface area (TPSA) is 56.8 Å². The van der Waals surface area contributed by atoms with Crippen molar-refractivity contribution in [2.75, 3.05) is 26.9 Å². The SMILES string of the molecule is COc1cccc(CCC(=O)NCCC2(C)OCCCO2)c1. The smallest absolute Gasteiger partial charge is 0.220 e. The molecule has 1 heterocycles. The Morgan fingerprint density at radius 3 is 2.86 bits per heavy atom. The van der Waals surface area contributed by atoms with Crippen LogP contribution in [0.5, 0.6) is 5.75 Å². The highest BCUT2D eigenvalue weighted by atomic mass is 16.7. The summed E-state index contributed by atoms with van der Waals surface area (Å²) in [4.78, 5) is 11.9. The van der Waals surface area contributed by atoms with Crippen LogP contribution in [0.2, 0.25) is 0 Å². The van der Waals surface area contributed by atoms with Crippen molar-refractivity contribution in [3.05, 3.63) is 29.8 Å². The van der Waals surface area contributed by atoms with E-state index >= 15 is 0 Å². The Kier molecular flexibility index (Phi) is 6.21. The lowest BCUT2D eigenvalue weighted by molar-refractivity contribution is -0.257. The van der Waals surface area contributed by atoms with Gasteiger partial charge in [0.2, 0.25) is 5.91 Å². The van der Waals surface area contributed by atoms with E-state index in [9.17, 15) is 4.79 Å². The zero-order chi connectivity index (χ0) is 15.8. The van der Waals surface area contributed by atoms with Crippen LogP contribution in [-0.4, -0.2) is 38.6 Å². The molecule has 1 N–H and O–H groups in total. The highest BCUT2D eigenvalue weighted by Crippen LogP contribution is 2.21. The molecule has 1 fully saturated rings. The Morgan fingerprint density at radius 1 is 1.36 bits per heavy atom. The summed E-state index contributed by atoms with van der Waals surface area (Å²) in [5, 5.41) is 2.92. The maximum atomic E-state index is 11.9. The van der Waals surface area contributed by atoms with Crippen molar-refractivity contribution >= 4 is 5.91 Å². The minimum Gasteiger partial charge on any atom is -0.497 e. The zero-order valence-corrected chi connectivity index (χ0v) is 13.4. The molecule has 0 atom stereocenters. The Labute approximate surface area is 131 Å². The maximum Gasteiger partial charge on any atom is 0.220 e. The highest BCUT2D eigenvalue weighted by molar-refractivity contribution is 5.76. The molecule has 22 heavy (non-hydrogen) atoms. The van der Waals surface area contributed by atoms with E-state index in [1.54, 1.807) is 7.11 Å². The number of methoxy groups -OCH3 is 1. The Morgan fingerprint density at radius 2 is 2.14 bits per heavy atom. The van der Waals surface area contributed by atoms with Gasteiger partial charge in [0.15, 0.2) is 5.79 Å². The summed E-state index contributed by atoms with van der Waals surface area (Å²) in [6, 6.07) is 7.79. The van der Waals surface area contributed by atoms with E-state index in [2.05, 4.69) is 5.32 Å². The number of aryl methyl sites for hydroxylation is 1. The molecule has 0 bridgehead atoms. The number of carbonyl (C=O) groups is 1. The standard InChI is InChI=1S/C17H25NO4/c1-17(21-11-4-12-22-17)9-10-18-16(19)8-7-14-5-3-6-15(13-14)20-2/h3,5-6,13H,4,7-12H2,1-2H3,(H,18,19). The van der Waals surface area contributed by atoms with Crippen molar-refractivity contribution in [3.63, 3.8) is 0 Å². The van der Waals surface area contributed by atoms with Crippen molar-refractivity contribution < 1.29 is 19.0 Å². The normalized spacial score (nSPS) is 17.0. The molecule has 0 aliphatic carbocycles. The van der Waals surface area contributed by atoms with Crippen molar-refractivity contribution in [3.8, 4) is 5.75 Å². The summed E-state index contributed by atoms with van der Waals surface area (Å²) in [5.74, 6) is 0.304. The molecule has 1 aromatic carbocycles. The molecular weight excluding hydrogens is 282 g/mol. The summed E-state index contributed by atoms with van der Waals surface area (Å²) in [6.45, 7) is 3.93. The second kappa shape index (κ2) is 8.15. The highest BCUT2D eigenvalue weighted by Gasteiger charge is 2.28. The minimum atomic E-state index is -0.557. The average molecular weight is 307 g/mol. The molecule has 122 valence electrons. The summed E-state index contributed by atoms with van der Waals surface area (Å²) in [6.07, 6.45) is 2.76. The predicted molar refractivity (Wildman–Crippen MR) is 83.9 cm³/mol. The lowest BCUT2D eigenvalue weighted by atomic mass is 10.1. The molecule has 0 saturated carbocycles. The van der Waals surface area contributed by atoms with Gasteiger partial charge in [0, 0.05) is 19.4 Å². The lowest BCUT2D eigenvalue weighted by Gasteiger charge is -2.33. The van der Waals surface area contributed by atoms with Gasteiger partial charge in [0.05, 0.1) is 20.3 Å². The zero-order valence-electron chi connectivity index (χ0n) is 13.4. The molecule has 5 nitrogen and oxygen atoms in total. The number of hydrogen-bond acceptors (Lipinski definition) is 4. The predicted octanol–water partition coefficient (Wildman–Crippen LogP) is 2.29. The molecular formula is C17H25NO4. The summed E-state index contributed by atoms with van der Waals surface area (Å²) in [7, 11) is 1.64. The summed E-state index contributed by atoms with van der Waals surface area (Å²) < 4.78 is 16.4. The minimum absolute atomic E-state index is 0.0437. The van der Waals surface area contributed by atoms with Crippen LogP contribution < -0.4 is 10.1 Å². The maximum absolute atomic E-state index is 11.9. The number of nitrogens with one attached hydrogen (secondary N) is 1. The molecule has 2 rings (SSSR count). The molecule has 0 radical (unpaired) electrons. The van der Waals surface area contributed by atoms with E-state index in [1.165, 1.54) is 0 Å². The molecule has 1 amide bonds. The van der Waals surface area contributed by atoms with E-state index in [4.69, 9.17) is 14.2 Å². The average Bonchev–Trinajstić information content (AvgIpc) is 2.53. The van der Waals surface area contributed by atoms with E-state index in [0.717, 1.165) is 30.9 Å². The van der Waals surface area contributed by atoms with Gasteiger partial charge in [-0.25, -0.2) is 0 Å². The lowest BCUT2D eigenvalue weighted by Crippen LogP contribution is -2.41. The fourth-order valence-electron chi connectivity index (χ4n) is 2.42. The van der Waals surface area contributed by atoms with E-state index < -0.39 is 5.79 Å². The van der Waals surface area contributed by atoms with Crippen LogP contribution >= 0.6 is 0 Å². The van der Waals surface area contributed by atoms with Crippen LogP contribution in [0.25, 0.3) is 0 Å². The third kappa shape index (κ3) is 5.31. The number of amides is 1. The van der Waals surface area contributed by atoms with Gasteiger partial charge in [-0.3, -0.25) is 4.79 Å². The van der Waals surface area contributed by atoms with E-state index in [1.807, 2.05) is 31.2 Å². The molecule has 0 spiro atoms. The fraction of sp³-hybridized carbons (Fsp3) is 0.588. The number of ether oxygens (including phenoxy) is 3. The van der Waals surface area contributed by atoms with E-state index in [-0.39, 0.29) is 5.91 Å². The van der Waals surface area contributed by atoms with Gasteiger partial charge in [-0.1, -0.05) is 12.1 Å². The third-order valence-electron chi connectivity index (χ3n) is 3.78. The van der Waals surface area contributed by atoms with Crippen LogP contribution in [0, 0.1) is 0 Å². The molecule has 0 aromatic heterocycles. The van der Waals surface area contributed by atoms with Crippen molar-refractivity contribution in [1.82, 2.24) is 5.32 Å². The Bertz CT molecular complexity index is 483. The first kappa shape index (κ1) is 16.8. The van der Waals surface area contributed by atoms with Gasteiger partial charge in [-0.2, -0.15) is 0 Å². The van der Waals surface area contributed by atoms with Gasteiger partial charge in [-0.05, 0) is 37.5 Å². The van der Waals surface area contributed by atoms with Crippen LogP contribution in [0.4, 0.5) is 0 Å². The van der Waals surface area contributed by atoms with Crippen LogP contribution in [0.3, 0.4) is 0 Å². The van der Waals surface area contributed by atoms with Gasteiger partial charge >= 0.3 is 0 Å². The third-order valence-corrected chi connectivity index (χ3v) is 3.78. The van der Waals surface area contributed by atoms with Crippen molar-refractivity contribution in [2.24, 2.45) is 0 Å². The second-order valence-electron chi connectivity index (χ2n) is 5.64. The number of hydrogen-bond donors (Lipinski definition) is 1. The van der Waals surface area contributed by atoms with Gasteiger partial charge in [-0.15, -0.1) is 0 Å². The van der Waals surface area contributed by atoms with Gasteiger partial charge in [0.1, 0.15) is 5.75 Å². The van der Waals surface area contributed by atoms with Gasteiger partial charge in [0.25, 0.3) is 0 Å². The Balaban J connectivity index is 1.67. The largest absolute Gasteiger partial charge is 0.497 e. The number of rotatable bonds is 7. The monoisotopic (exact) mass is 307 g/mol. The molecule has 1 aromatic rings. The Hall–Kier alpha value is -1.59. The van der Waals surface area contributed by atoms with E-state index in [0.29, 0.717) is 25.8 Å². The molecule has 1 aliphatic heterocycles. The first-order valence-corrected chi connectivity index (χ1v) is 7.79. The van der Waals surface area contributed by atoms with Crippen LogP contribution in [-0.2, 0) is 20.7 Å². The van der Waals surface area contributed by atoms with Crippen LogP contribution in [0.1, 0.15) is 31.7 Å². The second-order valence-corrected chi connectivity index (χ2v) is 5.64. The van der Waals surface area contributed by atoms with Crippen LogP contribution in [0.15, 0.2) is 24.3 Å². The quantitative estimate of drug-likeness (QED) is 0.839.